The molecule has 0 bridgehead atoms. The van der Waals surface area contributed by atoms with Gasteiger partial charge < -0.3 is 4.74 Å². The summed E-state index contributed by atoms with van der Waals surface area (Å²) in [6.07, 6.45) is 3.22. The van der Waals surface area contributed by atoms with Crippen molar-refractivity contribution in [2.75, 3.05) is 7.11 Å². The topological polar surface area (TPSA) is 35.0 Å². The second-order valence-corrected chi connectivity index (χ2v) is 5.51. The fourth-order valence-corrected chi connectivity index (χ4v) is 2.71. The molecule has 3 nitrogen and oxygen atoms in total. The Balaban J connectivity index is 2.36. The molecule has 3 aromatic rings. The molecular weight excluding hydrogens is 335 g/mol. The average molecular weight is 347 g/mol. The lowest BCUT2D eigenvalue weighted by Gasteiger charge is -2.11. The van der Waals surface area contributed by atoms with E-state index >= 15 is 0 Å². The van der Waals surface area contributed by atoms with E-state index in [-0.39, 0.29) is 5.82 Å². The lowest BCUT2D eigenvalue weighted by molar-refractivity contribution is 0.413. The number of methoxy groups -OCH3 is 1. The molecule has 0 atom stereocenters. The predicted octanol–water partition coefficient (Wildman–Crippen LogP) is 4.52. The summed E-state index contributed by atoms with van der Waals surface area (Å²) in [7, 11) is 1.57. The van der Waals surface area contributed by atoms with E-state index in [0.717, 1.165) is 4.47 Å². The van der Waals surface area contributed by atoms with Gasteiger partial charge in [0, 0.05) is 28.0 Å². The number of nitrogens with zero attached hydrogens (tertiary/aromatic N) is 2. The van der Waals surface area contributed by atoms with Crippen LogP contribution < -0.4 is 4.74 Å². The standard InChI is InChI=1S/C16H12BrFN2O/c1-9-7-10(21-2)8-12(14(9)18)11-3-4-13(17)16-15(11)19-5-6-20-16/h3-8H,1-2H3. The minimum absolute atomic E-state index is 0.273. The van der Waals surface area contributed by atoms with Crippen LogP contribution in [0, 0.1) is 12.7 Å². The van der Waals surface area contributed by atoms with Crippen molar-refractivity contribution in [2.45, 2.75) is 6.92 Å². The Hall–Kier alpha value is -2.01. The molecule has 5 heteroatoms. The number of aryl methyl sites for hydroxylation is 1. The molecule has 0 unspecified atom stereocenters. The molecular formula is C16H12BrFN2O. The smallest absolute Gasteiger partial charge is 0.134 e. The number of halogens is 2. The van der Waals surface area contributed by atoms with E-state index in [1.807, 2.05) is 12.1 Å². The lowest BCUT2D eigenvalue weighted by atomic mass is 10.0. The number of hydrogen-bond acceptors (Lipinski definition) is 3. The molecule has 0 amide bonds. The first kappa shape index (κ1) is 13.9. The summed E-state index contributed by atoms with van der Waals surface area (Å²) in [4.78, 5) is 8.64. The Kier molecular flexibility index (Phi) is 3.59. The van der Waals surface area contributed by atoms with E-state index < -0.39 is 0 Å². The molecule has 0 radical (unpaired) electrons. The molecule has 0 saturated heterocycles. The van der Waals surface area contributed by atoms with Crippen LogP contribution in [-0.4, -0.2) is 17.1 Å². The fourth-order valence-electron chi connectivity index (χ4n) is 2.29. The van der Waals surface area contributed by atoms with Crippen molar-refractivity contribution in [3.8, 4) is 16.9 Å². The van der Waals surface area contributed by atoms with E-state index in [2.05, 4.69) is 25.9 Å². The van der Waals surface area contributed by atoms with Gasteiger partial charge in [-0.3, -0.25) is 9.97 Å². The highest BCUT2D eigenvalue weighted by molar-refractivity contribution is 9.10. The highest BCUT2D eigenvalue weighted by Crippen LogP contribution is 2.35. The van der Waals surface area contributed by atoms with Crippen molar-refractivity contribution < 1.29 is 9.13 Å². The first-order valence-corrected chi connectivity index (χ1v) is 7.15. The Morgan fingerprint density at radius 1 is 1.05 bits per heavy atom. The molecule has 0 fully saturated rings. The van der Waals surface area contributed by atoms with Gasteiger partial charge in [-0.15, -0.1) is 0 Å². The zero-order valence-corrected chi connectivity index (χ0v) is 13.1. The first-order chi connectivity index (χ1) is 10.1. The minimum Gasteiger partial charge on any atom is -0.497 e. The van der Waals surface area contributed by atoms with Gasteiger partial charge in [0.1, 0.15) is 17.1 Å². The fraction of sp³-hybridized carbons (Fsp3) is 0.125. The molecule has 0 aliphatic heterocycles. The second kappa shape index (κ2) is 5.41. The lowest BCUT2D eigenvalue weighted by Crippen LogP contribution is -1.95. The summed E-state index contributed by atoms with van der Waals surface area (Å²) in [5.74, 6) is 0.342. The van der Waals surface area contributed by atoms with Gasteiger partial charge in [-0.05, 0) is 46.6 Å². The molecule has 3 rings (SSSR count). The maximum Gasteiger partial charge on any atom is 0.134 e. The Labute approximate surface area is 129 Å². The van der Waals surface area contributed by atoms with Crippen molar-refractivity contribution in [3.05, 3.63) is 52.5 Å². The van der Waals surface area contributed by atoms with Crippen molar-refractivity contribution in [2.24, 2.45) is 0 Å². The highest BCUT2D eigenvalue weighted by atomic mass is 79.9. The summed E-state index contributed by atoms with van der Waals surface area (Å²) in [5.41, 5.74) is 3.04. The number of benzene rings is 2. The van der Waals surface area contributed by atoms with Crippen LogP contribution in [0.5, 0.6) is 5.75 Å². The molecule has 0 saturated carbocycles. The monoisotopic (exact) mass is 346 g/mol. The van der Waals surface area contributed by atoms with Crippen LogP contribution in [0.15, 0.2) is 41.1 Å². The van der Waals surface area contributed by atoms with Gasteiger partial charge in [-0.1, -0.05) is 6.07 Å². The van der Waals surface area contributed by atoms with Gasteiger partial charge in [0.25, 0.3) is 0 Å². The van der Waals surface area contributed by atoms with Crippen molar-refractivity contribution >= 4 is 27.0 Å². The number of hydrogen-bond donors (Lipinski definition) is 0. The van der Waals surface area contributed by atoms with Crippen LogP contribution in [0.2, 0.25) is 0 Å². The largest absolute Gasteiger partial charge is 0.497 e. The zero-order chi connectivity index (χ0) is 15.0. The van der Waals surface area contributed by atoms with Crippen LogP contribution in [0.3, 0.4) is 0 Å². The Bertz CT molecular complexity index is 836. The number of ether oxygens (including phenoxy) is 1. The molecule has 0 aliphatic rings. The van der Waals surface area contributed by atoms with Crippen LogP contribution >= 0.6 is 15.9 Å². The maximum atomic E-state index is 14.5. The molecule has 2 aromatic carbocycles. The van der Waals surface area contributed by atoms with E-state index in [1.165, 1.54) is 0 Å². The summed E-state index contributed by atoms with van der Waals surface area (Å²) in [5, 5.41) is 0. The minimum atomic E-state index is -0.273. The maximum absolute atomic E-state index is 14.5. The molecule has 106 valence electrons. The third-order valence-corrected chi connectivity index (χ3v) is 3.97. The van der Waals surface area contributed by atoms with Gasteiger partial charge in [0.05, 0.1) is 12.6 Å². The summed E-state index contributed by atoms with van der Waals surface area (Å²) < 4.78 is 20.6. The molecule has 1 aromatic heterocycles. The Morgan fingerprint density at radius 3 is 2.48 bits per heavy atom. The van der Waals surface area contributed by atoms with Crippen LogP contribution in [-0.2, 0) is 0 Å². The summed E-state index contributed by atoms with van der Waals surface area (Å²) in [6.45, 7) is 1.72. The third kappa shape index (κ3) is 2.38. The van der Waals surface area contributed by atoms with E-state index in [0.29, 0.717) is 33.5 Å². The third-order valence-electron chi connectivity index (χ3n) is 3.33. The summed E-state index contributed by atoms with van der Waals surface area (Å²) in [6, 6.07) is 7.03. The predicted molar refractivity (Wildman–Crippen MR) is 83.9 cm³/mol. The highest BCUT2D eigenvalue weighted by Gasteiger charge is 2.15. The van der Waals surface area contributed by atoms with Gasteiger partial charge in [-0.2, -0.15) is 0 Å². The first-order valence-electron chi connectivity index (χ1n) is 6.35. The van der Waals surface area contributed by atoms with Crippen LogP contribution in [0.4, 0.5) is 4.39 Å². The number of aromatic nitrogens is 2. The number of rotatable bonds is 2. The van der Waals surface area contributed by atoms with Crippen molar-refractivity contribution in [1.29, 1.82) is 0 Å². The van der Waals surface area contributed by atoms with Gasteiger partial charge in [0.15, 0.2) is 0 Å². The quantitative estimate of drug-likeness (QED) is 0.684. The average Bonchev–Trinajstić information content (AvgIpc) is 2.51. The van der Waals surface area contributed by atoms with Crippen molar-refractivity contribution in [1.82, 2.24) is 9.97 Å². The van der Waals surface area contributed by atoms with Crippen LogP contribution in [0.1, 0.15) is 5.56 Å². The van der Waals surface area contributed by atoms with Crippen molar-refractivity contribution in [3.63, 3.8) is 0 Å². The molecule has 0 aliphatic carbocycles. The van der Waals surface area contributed by atoms with E-state index in [1.54, 1.807) is 38.6 Å². The van der Waals surface area contributed by atoms with Gasteiger partial charge in [-0.25, -0.2) is 4.39 Å². The van der Waals surface area contributed by atoms with E-state index in [9.17, 15) is 4.39 Å². The molecule has 21 heavy (non-hydrogen) atoms. The van der Waals surface area contributed by atoms with Gasteiger partial charge >= 0.3 is 0 Å². The van der Waals surface area contributed by atoms with Gasteiger partial charge in [0.2, 0.25) is 0 Å². The normalized spacial score (nSPS) is 10.9. The zero-order valence-electron chi connectivity index (χ0n) is 11.5. The number of fused-ring (bicyclic) bond motifs is 1. The molecule has 0 spiro atoms. The van der Waals surface area contributed by atoms with E-state index in [4.69, 9.17) is 4.74 Å². The summed E-state index contributed by atoms with van der Waals surface area (Å²) >= 11 is 3.44. The second-order valence-electron chi connectivity index (χ2n) is 4.65. The van der Waals surface area contributed by atoms with Crippen LogP contribution in [0.25, 0.3) is 22.2 Å². The molecule has 0 N–H and O–H groups in total. The molecule has 1 heterocycles. The SMILES string of the molecule is COc1cc(C)c(F)c(-c2ccc(Br)c3nccnc23)c1. The Morgan fingerprint density at radius 2 is 1.76 bits per heavy atom.